The fraction of sp³-hybridized carbons (Fsp3) is 0.350. The quantitative estimate of drug-likeness (QED) is 0.793. The van der Waals surface area contributed by atoms with Crippen molar-refractivity contribution in [2.75, 3.05) is 24.3 Å². The Morgan fingerprint density at radius 2 is 2.14 bits per heavy atom. The van der Waals surface area contributed by atoms with E-state index in [9.17, 15) is 13.6 Å². The fourth-order valence-electron chi connectivity index (χ4n) is 3.60. The van der Waals surface area contributed by atoms with Gasteiger partial charge in [0.25, 0.3) is 5.91 Å². The molecule has 2 atom stereocenters. The number of hydrogen-bond acceptors (Lipinski definition) is 6. The van der Waals surface area contributed by atoms with Crippen LogP contribution in [0.3, 0.4) is 0 Å². The summed E-state index contributed by atoms with van der Waals surface area (Å²) in [6, 6.07) is 6.79. The van der Waals surface area contributed by atoms with Crippen molar-refractivity contribution in [1.29, 1.82) is 0 Å². The summed E-state index contributed by atoms with van der Waals surface area (Å²) in [5.74, 6) is -0.784. The van der Waals surface area contributed by atoms with Crippen LogP contribution in [-0.2, 0) is 10.3 Å². The lowest BCUT2D eigenvalue weighted by atomic mass is 9.75. The zero-order valence-electron chi connectivity index (χ0n) is 14.8. The van der Waals surface area contributed by atoms with Gasteiger partial charge in [0.15, 0.2) is 5.17 Å². The molecule has 2 aliphatic heterocycles. The first-order valence-corrected chi connectivity index (χ1v) is 9.75. The predicted octanol–water partition coefficient (Wildman–Crippen LogP) is 3.54. The maximum atomic E-state index is 14.8. The van der Waals surface area contributed by atoms with Gasteiger partial charge in [0, 0.05) is 35.9 Å². The number of amides is 1. The molecular weight excluding hydrogens is 398 g/mol. The maximum Gasteiger partial charge on any atom is 0.274 e. The van der Waals surface area contributed by atoms with Gasteiger partial charge in [0.05, 0.1) is 18.3 Å². The van der Waals surface area contributed by atoms with Crippen LogP contribution in [0.15, 0.2) is 41.5 Å². The van der Waals surface area contributed by atoms with Crippen molar-refractivity contribution in [3.63, 3.8) is 0 Å². The predicted molar refractivity (Wildman–Crippen MR) is 110 cm³/mol. The summed E-state index contributed by atoms with van der Waals surface area (Å²) in [5.41, 5.74) is 6.00. The minimum absolute atomic E-state index is 0. The topological polar surface area (TPSA) is 89.6 Å². The number of anilines is 1. The van der Waals surface area contributed by atoms with Gasteiger partial charge < -0.3 is 15.8 Å². The summed E-state index contributed by atoms with van der Waals surface area (Å²) in [7, 11) is 0. The molecule has 9 heteroatoms. The summed E-state index contributed by atoms with van der Waals surface area (Å²) < 4.78 is 33.4. The highest BCUT2D eigenvalue weighted by Gasteiger charge is 2.47. The van der Waals surface area contributed by atoms with Gasteiger partial charge in [-0.15, -0.1) is 0 Å². The summed E-state index contributed by atoms with van der Waals surface area (Å²) in [4.78, 5) is 20.8. The smallest absolute Gasteiger partial charge is 0.274 e. The van der Waals surface area contributed by atoms with Crippen LogP contribution in [0.4, 0.5) is 14.5 Å². The molecule has 0 saturated carbocycles. The van der Waals surface area contributed by atoms with E-state index in [1.54, 1.807) is 6.07 Å². The van der Waals surface area contributed by atoms with Crippen LogP contribution in [0.2, 0.25) is 0 Å². The van der Waals surface area contributed by atoms with E-state index >= 15 is 0 Å². The number of pyridine rings is 1. The van der Waals surface area contributed by atoms with Crippen LogP contribution in [0.1, 0.15) is 29.9 Å². The number of thioether (sulfide) groups is 1. The van der Waals surface area contributed by atoms with E-state index in [1.165, 1.54) is 30.0 Å². The highest BCUT2D eigenvalue weighted by molar-refractivity contribution is 8.13. The number of amidine groups is 1. The van der Waals surface area contributed by atoms with Crippen molar-refractivity contribution < 1.29 is 18.3 Å². The lowest BCUT2D eigenvalue weighted by Crippen LogP contribution is -2.47. The van der Waals surface area contributed by atoms with Gasteiger partial charge in [-0.3, -0.25) is 9.79 Å². The SMILES string of the molecule is C.NC1=N[C@@]2(c3cc(NC(=O)c4ccc(F)cn4)ccc3F)CCOC[C@H]2CS1. The molecule has 0 radical (unpaired) electrons. The fourth-order valence-corrected chi connectivity index (χ4v) is 4.57. The standard InChI is InChI=1S/C19H18F2N4O2S.CH4/c20-12-1-4-16(23-8-12)17(26)24-13-2-3-15(21)14(7-13)19-5-6-27-9-11(19)10-28-18(22)25-19;/h1-4,7-8,11H,5-6,9-10H2,(H2,22,25)(H,24,26);1H4/t11-,19-;/m0./s1. The second-order valence-electron chi connectivity index (χ2n) is 6.72. The number of aliphatic imine (C=N–C) groups is 1. The highest BCUT2D eigenvalue weighted by Crippen LogP contribution is 2.46. The number of carbonyl (C=O) groups is 1. The first-order valence-electron chi connectivity index (χ1n) is 8.77. The molecule has 1 fully saturated rings. The van der Waals surface area contributed by atoms with Crippen LogP contribution < -0.4 is 11.1 Å². The second kappa shape index (κ2) is 8.46. The number of hydrogen-bond donors (Lipinski definition) is 2. The maximum absolute atomic E-state index is 14.8. The number of carbonyl (C=O) groups excluding carboxylic acids is 1. The third-order valence-electron chi connectivity index (χ3n) is 5.01. The number of halogens is 2. The van der Waals surface area contributed by atoms with Crippen LogP contribution in [0, 0.1) is 17.6 Å². The number of rotatable bonds is 3. The summed E-state index contributed by atoms with van der Waals surface area (Å²) >= 11 is 1.43. The molecule has 0 spiro atoms. The van der Waals surface area contributed by atoms with E-state index in [4.69, 9.17) is 10.5 Å². The molecule has 4 rings (SSSR count). The summed E-state index contributed by atoms with van der Waals surface area (Å²) in [6.45, 7) is 0.923. The van der Waals surface area contributed by atoms with Gasteiger partial charge >= 0.3 is 0 Å². The van der Waals surface area contributed by atoms with E-state index in [1.807, 2.05) is 0 Å². The molecule has 29 heavy (non-hydrogen) atoms. The molecule has 0 bridgehead atoms. The highest BCUT2D eigenvalue weighted by atomic mass is 32.2. The molecule has 1 amide bonds. The monoisotopic (exact) mass is 420 g/mol. The van der Waals surface area contributed by atoms with Gasteiger partial charge in [-0.1, -0.05) is 19.2 Å². The molecule has 1 saturated heterocycles. The van der Waals surface area contributed by atoms with Gasteiger partial charge in [0.2, 0.25) is 0 Å². The molecule has 3 N–H and O–H groups in total. The van der Waals surface area contributed by atoms with Crippen LogP contribution in [0.5, 0.6) is 0 Å². The average Bonchev–Trinajstić information content (AvgIpc) is 2.69. The Morgan fingerprint density at radius 3 is 2.90 bits per heavy atom. The number of fused-ring (bicyclic) bond motifs is 1. The molecule has 0 aliphatic carbocycles. The Hall–Kier alpha value is -2.52. The van der Waals surface area contributed by atoms with Crippen LogP contribution in [-0.4, -0.2) is 35.0 Å². The largest absolute Gasteiger partial charge is 0.381 e. The van der Waals surface area contributed by atoms with E-state index in [2.05, 4.69) is 15.3 Å². The normalized spacial score (nSPS) is 23.4. The lowest BCUT2D eigenvalue weighted by Gasteiger charge is -2.44. The first-order chi connectivity index (χ1) is 13.5. The Labute approximate surface area is 172 Å². The van der Waals surface area contributed by atoms with Crippen LogP contribution >= 0.6 is 11.8 Å². The van der Waals surface area contributed by atoms with Crippen molar-refractivity contribution in [3.05, 3.63) is 59.4 Å². The van der Waals surface area contributed by atoms with Gasteiger partial charge in [-0.2, -0.15) is 0 Å². The summed E-state index contributed by atoms with van der Waals surface area (Å²) in [5, 5.41) is 3.10. The number of aromatic nitrogens is 1. The molecular formula is C20H22F2N4O2S. The van der Waals surface area contributed by atoms with Crippen molar-refractivity contribution in [3.8, 4) is 0 Å². The first kappa shape index (κ1) is 21.2. The zero-order valence-corrected chi connectivity index (χ0v) is 15.6. The number of nitrogens with two attached hydrogens (primary N) is 1. The van der Waals surface area contributed by atoms with E-state index in [0.29, 0.717) is 41.8 Å². The molecule has 0 unspecified atom stereocenters. The Morgan fingerprint density at radius 1 is 1.31 bits per heavy atom. The Kier molecular flexibility index (Phi) is 6.18. The minimum Gasteiger partial charge on any atom is -0.381 e. The second-order valence-corrected chi connectivity index (χ2v) is 7.76. The van der Waals surface area contributed by atoms with E-state index in [0.717, 1.165) is 12.3 Å². The minimum atomic E-state index is -0.813. The molecule has 6 nitrogen and oxygen atoms in total. The number of nitrogens with zero attached hydrogens (tertiary/aromatic N) is 2. The molecule has 1 aromatic heterocycles. The Balaban J connectivity index is 0.00000240. The van der Waals surface area contributed by atoms with Crippen molar-refractivity contribution in [2.24, 2.45) is 16.6 Å². The zero-order chi connectivity index (χ0) is 19.7. The number of ether oxygens (including phenoxy) is 1. The third kappa shape index (κ3) is 4.11. The molecule has 154 valence electrons. The van der Waals surface area contributed by atoms with Crippen molar-refractivity contribution >= 4 is 28.5 Å². The van der Waals surface area contributed by atoms with Crippen molar-refractivity contribution in [1.82, 2.24) is 4.98 Å². The summed E-state index contributed by atoms with van der Waals surface area (Å²) in [6.07, 6.45) is 1.47. The third-order valence-corrected chi connectivity index (χ3v) is 5.97. The molecule has 2 aliphatic rings. The lowest BCUT2D eigenvalue weighted by molar-refractivity contribution is 0.00886. The van der Waals surface area contributed by atoms with Crippen LogP contribution in [0.25, 0.3) is 0 Å². The van der Waals surface area contributed by atoms with Crippen molar-refractivity contribution in [2.45, 2.75) is 19.4 Å². The van der Waals surface area contributed by atoms with Gasteiger partial charge in [0.1, 0.15) is 17.3 Å². The number of benzene rings is 1. The van der Waals surface area contributed by atoms with Gasteiger partial charge in [-0.05, 0) is 30.3 Å². The molecule has 2 aromatic rings. The van der Waals surface area contributed by atoms with E-state index < -0.39 is 23.1 Å². The number of nitrogens with one attached hydrogen (secondary N) is 1. The van der Waals surface area contributed by atoms with Gasteiger partial charge in [-0.25, -0.2) is 13.8 Å². The molecule has 3 heterocycles. The van der Waals surface area contributed by atoms with E-state index in [-0.39, 0.29) is 19.0 Å². The molecule has 1 aromatic carbocycles. The average molecular weight is 420 g/mol. The Bertz CT molecular complexity index is 939.